The Morgan fingerprint density at radius 3 is 2.00 bits per heavy atom. The Bertz CT molecular complexity index is 237. The van der Waals surface area contributed by atoms with Gasteiger partial charge in [0.25, 0.3) is 0 Å². The van der Waals surface area contributed by atoms with E-state index in [4.69, 9.17) is 34.8 Å². The summed E-state index contributed by atoms with van der Waals surface area (Å²) in [6.45, 7) is 0. The molecule has 0 N–H and O–H groups in total. The van der Waals surface area contributed by atoms with Crippen molar-refractivity contribution in [3.8, 4) is 0 Å². The zero-order valence-corrected chi connectivity index (χ0v) is 10.0. The molecule has 1 aromatic rings. The Morgan fingerprint density at radius 1 is 1.00 bits per heavy atom. The van der Waals surface area contributed by atoms with Gasteiger partial charge >= 0.3 is 0 Å². The number of rotatable bonds is 0. The molecule has 0 nitrogen and oxygen atoms in total. The molecular weight excluding hydrogens is 290 g/mol. The summed E-state index contributed by atoms with van der Waals surface area (Å²) >= 11 is 20.3. The lowest BCUT2D eigenvalue weighted by Gasteiger charge is -1.95. The van der Waals surface area contributed by atoms with Gasteiger partial charge in [0, 0.05) is 0 Å². The molecule has 0 unspecified atom stereocenters. The molecular formula is C6H4BrCl3S. The highest BCUT2D eigenvalue weighted by molar-refractivity contribution is 7.59. The van der Waals surface area contributed by atoms with Crippen molar-refractivity contribution in [3.63, 3.8) is 0 Å². The predicted octanol–water partition coefficient (Wildman–Crippen LogP) is 0.0212. The lowest BCUT2D eigenvalue weighted by Crippen LogP contribution is -3.00. The van der Waals surface area contributed by atoms with Crippen LogP contribution in [0.2, 0.25) is 15.1 Å². The molecule has 0 aliphatic heterocycles. The SMILES string of the molecule is [Br-].[SH2+]c1ccc(Cl)c(Cl)c1Cl. The Hall–Kier alpha value is 0.920. The molecule has 0 atom stereocenters. The van der Waals surface area contributed by atoms with Gasteiger partial charge in [-0.15, -0.1) is 0 Å². The van der Waals surface area contributed by atoms with E-state index < -0.39 is 0 Å². The zero-order valence-electron chi connectivity index (χ0n) is 5.17. The normalized spacial score (nSPS) is 9.09. The van der Waals surface area contributed by atoms with Gasteiger partial charge < -0.3 is 17.0 Å². The second kappa shape index (κ2) is 4.83. The highest BCUT2D eigenvalue weighted by Crippen LogP contribution is 2.32. The topological polar surface area (TPSA) is 0 Å². The zero-order chi connectivity index (χ0) is 7.72. The van der Waals surface area contributed by atoms with E-state index in [9.17, 15) is 0 Å². The average Bonchev–Trinajstić information content (AvgIpc) is 1.93. The van der Waals surface area contributed by atoms with Crippen LogP contribution in [0.4, 0.5) is 0 Å². The molecule has 0 heterocycles. The Kier molecular flexibility index (Phi) is 5.23. The van der Waals surface area contributed by atoms with E-state index in [0.717, 1.165) is 4.90 Å². The Labute approximate surface area is 96.0 Å². The minimum atomic E-state index is 0. The Balaban J connectivity index is 0.000001000. The maximum Gasteiger partial charge on any atom is 0.170 e. The molecule has 1 aromatic carbocycles. The number of benzene rings is 1. The summed E-state index contributed by atoms with van der Waals surface area (Å²) in [6, 6.07) is 3.42. The van der Waals surface area contributed by atoms with Gasteiger partial charge in [0.1, 0.15) is 5.02 Å². The van der Waals surface area contributed by atoms with Crippen LogP contribution in [-0.4, -0.2) is 0 Å². The third-order valence-electron chi connectivity index (χ3n) is 1.04. The molecule has 0 bridgehead atoms. The number of hydrogen-bond donors (Lipinski definition) is 0. The third kappa shape index (κ3) is 2.71. The van der Waals surface area contributed by atoms with Crippen LogP contribution >= 0.6 is 34.8 Å². The molecule has 0 spiro atoms. The van der Waals surface area contributed by atoms with Crippen LogP contribution in [0, 0.1) is 0 Å². The molecule has 0 amide bonds. The van der Waals surface area contributed by atoms with E-state index >= 15 is 0 Å². The van der Waals surface area contributed by atoms with Gasteiger partial charge in [0.15, 0.2) is 4.90 Å². The fraction of sp³-hybridized carbons (Fsp3) is 0. The first-order valence-electron chi connectivity index (χ1n) is 2.48. The molecule has 0 saturated heterocycles. The number of hydrogen-bond acceptors (Lipinski definition) is 0. The molecule has 0 aliphatic rings. The van der Waals surface area contributed by atoms with Crippen LogP contribution in [0.1, 0.15) is 0 Å². The van der Waals surface area contributed by atoms with Gasteiger partial charge in [-0.1, -0.05) is 34.8 Å². The molecule has 1 rings (SSSR count). The second-order valence-electron chi connectivity index (χ2n) is 1.72. The van der Waals surface area contributed by atoms with Gasteiger partial charge in [-0.3, -0.25) is 0 Å². The van der Waals surface area contributed by atoms with Gasteiger partial charge in [-0.05, 0) is 24.8 Å². The fourth-order valence-electron chi connectivity index (χ4n) is 0.526. The van der Waals surface area contributed by atoms with Crippen LogP contribution in [0.5, 0.6) is 0 Å². The minimum absolute atomic E-state index is 0. The molecule has 5 heteroatoms. The van der Waals surface area contributed by atoms with Crippen molar-refractivity contribution in [2.75, 3.05) is 0 Å². The van der Waals surface area contributed by atoms with Gasteiger partial charge in [-0.25, -0.2) is 0 Å². The lowest BCUT2D eigenvalue weighted by atomic mass is 10.4. The smallest absolute Gasteiger partial charge is 0.170 e. The van der Waals surface area contributed by atoms with Crippen LogP contribution < -0.4 is 17.0 Å². The van der Waals surface area contributed by atoms with E-state index in [-0.39, 0.29) is 17.0 Å². The van der Waals surface area contributed by atoms with Crippen molar-refractivity contribution in [1.29, 1.82) is 0 Å². The van der Waals surface area contributed by atoms with Crippen molar-refractivity contribution in [1.82, 2.24) is 0 Å². The molecule has 0 saturated carbocycles. The van der Waals surface area contributed by atoms with Crippen molar-refractivity contribution in [3.05, 3.63) is 27.2 Å². The largest absolute Gasteiger partial charge is 1.00 e. The first-order chi connectivity index (χ1) is 4.63. The van der Waals surface area contributed by atoms with Crippen molar-refractivity contribution < 1.29 is 17.0 Å². The van der Waals surface area contributed by atoms with E-state index in [1.54, 1.807) is 12.1 Å². The summed E-state index contributed by atoms with van der Waals surface area (Å²) in [4.78, 5) is 0.746. The molecule has 0 fully saturated rings. The average molecular weight is 294 g/mol. The van der Waals surface area contributed by atoms with E-state index in [0.29, 0.717) is 15.1 Å². The Morgan fingerprint density at radius 2 is 1.55 bits per heavy atom. The predicted molar refractivity (Wildman–Crippen MR) is 49.9 cm³/mol. The first kappa shape index (κ1) is 11.9. The summed E-state index contributed by atoms with van der Waals surface area (Å²) in [5.41, 5.74) is 0. The van der Waals surface area contributed by atoms with Crippen LogP contribution in [-0.2, 0) is 12.6 Å². The highest BCUT2D eigenvalue weighted by Gasteiger charge is 2.08. The molecule has 62 valence electrons. The maximum atomic E-state index is 5.72. The minimum Gasteiger partial charge on any atom is -1.00 e. The molecule has 11 heavy (non-hydrogen) atoms. The summed E-state index contributed by atoms with van der Waals surface area (Å²) < 4.78 is 0. The molecule has 0 aliphatic carbocycles. The highest BCUT2D eigenvalue weighted by atomic mass is 79.9. The van der Waals surface area contributed by atoms with E-state index in [1.165, 1.54) is 0 Å². The third-order valence-corrected chi connectivity index (χ3v) is 2.90. The standard InChI is InChI=1S/C6H3Cl3S.BrH/c7-3-1-2-4(10)6(9)5(3)8;/h1-2,10H;1H. The fourth-order valence-corrected chi connectivity index (χ4v) is 1.35. The molecule has 0 aromatic heterocycles. The van der Waals surface area contributed by atoms with Crippen molar-refractivity contribution >= 4 is 47.4 Å². The summed E-state index contributed by atoms with van der Waals surface area (Å²) in [5.74, 6) is 0. The maximum absolute atomic E-state index is 5.72. The van der Waals surface area contributed by atoms with E-state index in [1.807, 2.05) is 0 Å². The van der Waals surface area contributed by atoms with Crippen molar-refractivity contribution in [2.45, 2.75) is 4.90 Å². The monoisotopic (exact) mass is 292 g/mol. The van der Waals surface area contributed by atoms with Gasteiger partial charge in [0.2, 0.25) is 0 Å². The van der Waals surface area contributed by atoms with Gasteiger partial charge in [-0.2, -0.15) is 0 Å². The van der Waals surface area contributed by atoms with Crippen LogP contribution in [0.15, 0.2) is 17.0 Å². The van der Waals surface area contributed by atoms with Gasteiger partial charge in [0.05, 0.1) is 10.0 Å². The lowest BCUT2D eigenvalue weighted by molar-refractivity contribution is -0.00000164. The van der Waals surface area contributed by atoms with Crippen LogP contribution in [0.3, 0.4) is 0 Å². The summed E-state index contributed by atoms with van der Waals surface area (Å²) in [7, 11) is 0. The summed E-state index contributed by atoms with van der Waals surface area (Å²) in [5, 5.41) is 1.30. The quantitative estimate of drug-likeness (QED) is 0.467. The van der Waals surface area contributed by atoms with Crippen molar-refractivity contribution in [2.24, 2.45) is 0 Å². The number of halogens is 4. The summed E-state index contributed by atoms with van der Waals surface area (Å²) in [6.07, 6.45) is 0. The first-order valence-corrected chi connectivity index (χ1v) is 4.11. The second-order valence-corrected chi connectivity index (χ2v) is 3.42. The van der Waals surface area contributed by atoms with Crippen LogP contribution in [0.25, 0.3) is 0 Å². The van der Waals surface area contributed by atoms with E-state index in [2.05, 4.69) is 12.6 Å². The molecule has 0 radical (unpaired) electrons.